The Morgan fingerprint density at radius 3 is 1.07 bits per heavy atom. The predicted octanol–water partition coefficient (Wildman–Crippen LogP) is 9.91. The molecule has 0 aromatic carbocycles. The molecule has 164 valence electrons. The van der Waals surface area contributed by atoms with E-state index in [2.05, 4.69) is 27.7 Å². The first kappa shape index (κ1) is 27.0. The van der Waals surface area contributed by atoms with E-state index in [1.807, 2.05) is 27.7 Å². The van der Waals surface area contributed by atoms with Crippen molar-refractivity contribution in [3.8, 4) is 0 Å². The van der Waals surface area contributed by atoms with Gasteiger partial charge in [0.1, 0.15) is 0 Å². The van der Waals surface area contributed by atoms with Crippen LogP contribution in [-0.2, 0) is 0 Å². The fourth-order valence-corrected chi connectivity index (χ4v) is 6.19. The molecule has 5 aliphatic rings. The van der Waals surface area contributed by atoms with Crippen molar-refractivity contribution >= 4 is 0 Å². The average molecular weight is 381 g/mol. The lowest BCUT2D eigenvalue weighted by atomic mass is 9.82. The summed E-state index contributed by atoms with van der Waals surface area (Å²) in [5.41, 5.74) is 0. The highest BCUT2D eigenvalue weighted by molar-refractivity contribution is 4.98. The smallest absolute Gasteiger partial charge is 0.0355 e. The van der Waals surface area contributed by atoms with Crippen molar-refractivity contribution in [2.75, 3.05) is 0 Å². The zero-order valence-corrected chi connectivity index (χ0v) is 20.7. The maximum atomic E-state index is 2.12. The van der Waals surface area contributed by atoms with Gasteiger partial charge in [0.05, 0.1) is 0 Å². The minimum Gasteiger partial charge on any atom is -0.0683 e. The van der Waals surface area contributed by atoms with E-state index in [1.54, 1.807) is 70.6 Å². The molecular formula is C27H56. The van der Waals surface area contributed by atoms with Gasteiger partial charge in [-0.25, -0.2) is 0 Å². The Balaban J connectivity index is 0.000000352. The molecule has 4 unspecified atom stereocenters. The van der Waals surface area contributed by atoms with E-state index in [1.165, 1.54) is 48.3 Å². The molecule has 5 aliphatic carbocycles. The molecular weight excluding hydrogens is 324 g/mol. The summed E-state index contributed by atoms with van der Waals surface area (Å²) in [4.78, 5) is 0. The molecule has 0 nitrogen and oxygen atoms in total. The van der Waals surface area contributed by atoms with Crippen LogP contribution in [0.4, 0.5) is 0 Å². The molecule has 0 spiro atoms. The molecule has 4 bridgehead atoms. The molecule has 0 aromatic rings. The monoisotopic (exact) mass is 380 g/mol. The summed E-state index contributed by atoms with van der Waals surface area (Å²) < 4.78 is 0. The van der Waals surface area contributed by atoms with E-state index < -0.39 is 0 Å². The fraction of sp³-hybridized carbons (Fsp3) is 1.00. The molecule has 0 amide bonds. The zero-order valence-electron chi connectivity index (χ0n) is 20.7. The van der Waals surface area contributed by atoms with Crippen LogP contribution in [0.2, 0.25) is 0 Å². The second-order valence-corrected chi connectivity index (χ2v) is 9.13. The minimum atomic E-state index is 1.17. The highest BCUT2D eigenvalue weighted by Gasteiger charge is 2.48. The lowest BCUT2D eigenvalue weighted by Crippen LogP contribution is -2.15. The van der Waals surface area contributed by atoms with Crippen LogP contribution in [0.5, 0.6) is 0 Å². The van der Waals surface area contributed by atoms with Crippen LogP contribution in [0.3, 0.4) is 0 Å². The Hall–Kier alpha value is 0. The van der Waals surface area contributed by atoms with Crippen molar-refractivity contribution in [3.05, 3.63) is 0 Å². The van der Waals surface area contributed by atoms with E-state index in [0.717, 1.165) is 0 Å². The third kappa shape index (κ3) is 8.91. The summed E-state index contributed by atoms with van der Waals surface area (Å²) in [5, 5.41) is 0. The van der Waals surface area contributed by atoms with Crippen LogP contribution in [0.1, 0.15) is 139 Å². The molecule has 0 heteroatoms. The standard InChI is InChI=1S/C10H16.C7H12.2C3H8.2C2H6/c1-2-9-7-4-5-8(6-7)10(9)3-1;1-2-7-4-3-6(1)5-7;2*1-3-2;2*1-2/h7-10H,1-6H2;6-7H,1-5H2;2*3H2,1-2H3;2*1-2H3. The highest BCUT2D eigenvalue weighted by atomic mass is 14.5. The summed E-state index contributed by atoms with van der Waals surface area (Å²) in [6.45, 7) is 16.5. The van der Waals surface area contributed by atoms with Gasteiger partial charge < -0.3 is 0 Å². The van der Waals surface area contributed by atoms with E-state index in [4.69, 9.17) is 0 Å². The number of rotatable bonds is 0. The quantitative estimate of drug-likeness (QED) is 0.392. The van der Waals surface area contributed by atoms with Gasteiger partial charge >= 0.3 is 0 Å². The second-order valence-electron chi connectivity index (χ2n) is 9.13. The van der Waals surface area contributed by atoms with Crippen molar-refractivity contribution in [2.24, 2.45) is 35.5 Å². The molecule has 5 saturated carbocycles. The van der Waals surface area contributed by atoms with Gasteiger partial charge in [-0.2, -0.15) is 0 Å². The molecule has 0 N–H and O–H groups in total. The summed E-state index contributed by atoms with van der Waals surface area (Å²) in [7, 11) is 0. The van der Waals surface area contributed by atoms with E-state index in [-0.39, 0.29) is 0 Å². The Kier molecular flexibility index (Phi) is 16.9. The largest absolute Gasteiger partial charge is 0.0683 e. The third-order valence-electron chi connectivity index (χ3n) is 6.98. The maximum absolute atomic E-state index is 2.12. The Labute approximate surface area is 174 Å². The van der Waals surface area contributed by atoms with Crippen LogP contribution in [0, 0.1) is 35.5 Å². The van der Waals surface area contributed by atoms with E-state index in [9.17, 15) is 0 Å². The van der Waals surface area contributed by atoms with Crippen molar-refractivity contribution < 1.29 is 0 Å². The Bertz CT molecular complexity index is 271. The van der Waals surface area contributed by atoms with Crippen molar-refractivity contribution in [2.45, 2.75) is 139 Å². The van der Waals surface area contributed by atoms with Crippen LogP contribution < -0.4 is 0 Å². The SMILES string of the molecule is C1CC2C3CCC(C3)C2C1.C1CC2CCC1C2.CC.CC.CCC.CCC. The normalized spacial score (nSPS) is 35.6. The fourth-order valence-electron chi connectivity index (χ4n) is 6.19. The number of fused-ring (bicyclic) bond motifs is 7. The van der Waals surface area contributed by atoms with Crippen molar-refractivity contribution in [3.63, 3.8) is 0 Å². The van der Waals surface area contributed by atoms with Crippen LogP contribution in [0.25, 0.3) is 0 Å². The minimum absolute atomic E-state index is 1.17. The first-order chi connectivity index (χ1) is 13.2. The number of hydrogen-bond acceptors (Lipinski definition) is 0. The summed E-state index contributed by atoms with van der Waals surface area (Å²) >= 11 is 0. The van der Waals surface area contributed by atoms with Crippen LogP contribution in [0.15, 0.2) is 0 Å². The first-order valence-corrected chi connectivity index (χ1v) is 13.2. The third-order valence-corrected chi connectivity index (χ3v) is 6.98. The molecule has 0 aromatic heterocycles. The van der Waals surface area contributed by atoms with Gasteiger partial charge in [-0.05, 0) is 74.0 Å². The first-order valence-electron chi connectivity index (χ1n) is 13.2. The second kappa shape index (κ2) is 16.9. The van der Waals surface area contributed by atoms with Gasteiger partial charge in [0.25, 0.3) is 0 Å². The van der Waals surface area contributed by atoms with Crippen molar-refractivity contribution in [1.82, 2.24) is 0 Å². The topological polar surface area (TPSA) is 0 Å². The summed E-state index contributed by atoms with van der Waals surface area (Å²) in [5.74, 6) is 7.14. The molecule has 27 heavy (non-hydrogen) atoms. The highest BCUT2D eigenvalue weighted by Crippen LogP contribution is 2.58. The van der Waals surface area contributed by atoms with E-state index in [0.29, 0.717) is 0 Å². The van der Waals surface area contributed by atoms with Gasteiger partial charge in [-0.3, -0.25) is 0 Å². The molecule has 0 radical (unpaired) electrons. The molecule has 5 fully saturated rings. The van der Waals surface area contributed by atoms with Crippen molar-refractivity contribution in [1.29, 1.82) is 0 Å². The Morgan fingerprint density at radius 1 is 0.481 bits per heavy atom. The lowest BCUT2D eigenvalue weighted by Gasteiger charge is -2.23. The predicted molar refractivity (Wildman–Crippen MR) is 126 cm³/mol. The van der Waals surface area contributed by atoms with E-state index >= 15 is 0 Å². The lowest BCUT2D eigenvalue weighted by molar-refractivity contribution is 0.259. The van der Waals surface area contributed by atoms with Gasteiger partial charge in [-0.1, -0.05) is 100 Å². The van der Waals surface area contributed by atoms with Gasteiger partial charge in [0, 0.05) is 0 Å². The number of hydrogen-bond donors (Lipinski definition) is 0. The molecule has 4 atom stereocenters. The molecule has 0 heterocycles. The maximum Gasteiger partial charge on any atom is -0.0355 e. The van der Waals surface area contributed by atoms with Gasteiger partial charge in [0.2, 0.25) is 0 Å². The zero-order chi connectivity index (χ0) is 20.7. The summed E-state index contributed by atoms with van der Waals surface area (Å²) in [6.07, 6.45) is 19.9. The molecule has 5 rings (SSSR count). The van der Waals surface area contributed by atoms with Gasteiger partial charge in [0.15, 0.2) is 0 Å². The van der Waals surface area contributed by atoms with Crippen LogP contribution >= 0.6 is 0 Å². The Morgan fingerprint density at radius 2 is 0.815 bits per heavy atom. The summed E-state index contributed by atoms with van der Waals surface area (Å²) in [6, 6.07) is 0. The molecule has 0 saturated heterocycles. The average Bonchev–Trinajstić information content (AvgIpc) is 3.53. The molecule has 0 aliphatic heterocycles. The van der Waals surface area contributed by atoms with Gasteiger partial charge in [-0.15, -0.1) is 0 Å². The van der Waals surface area contributed by atoms with Crippen LogP contribution in [-0.4, -0.2) is 0 Å².